The van der Waals surface area contributed by atoms with Gasteiger partial charge in [-0.05, 0) is 61.9 Å². The number of carbonyl (C=O) groups is 1. The van der Waals surface area contributed by atoms with Crippen molar-refractivity contribution in [2.45, 2.75) is 12.8 Å². The van der Waals surface area contributed by atoms with Crippen LogP contribution in [0.15, 0.2) is 48.5 Å². The molecule has 0 atom stereocenters. The number of benzene rings is 2. The summed E-state index contributed by atoms with van der Waals surface area (Å²) in [6.45, 7) is 5.95. The second kappa shape index (κ2) is 10.1. The average Bonchev–Trinajstić information content (AvgIpc) is 3.16. The number of halogens is 1. The van der Waals surface area contributed by atoms with Crippen molar-refractivity contribution >= 4 is 38.9 Å². The molecule has 1 amide bonds. The summed E-state index contributed by atoms with van der Waals surface area (Å²) in [5.41, 5.74) is 2.33. The molecule has 2 aliphatic heterocycles. The number of nitrogens with zero attached hydrogens (tertiary/aromatic N) is 3. The lowest BCUT2D eigenvalue weighted by Gasteiger charge is -2.36. The number of carbonyl (C=O) groups excluding carboxylic acids is 1. The molecule has 32 heavy (non-hydrogen) atoms. The lowest BCUT2D eigenvalue weighted by atomic mass is 10.2. The normalized spacial score (nSPS) is 18.7. The molecule has 0 radical (unpaired) electrons. The standard InChI is InChI=1S/C23H29ClN4O3S/c24-20-4-1-5-22(18-20)27-15-13-26(14-16-27)11-2-10-25-23(29)19-6-8-21(9-7-19)28-12-3-17-32(28,30)31/h1,4-9,18H,2-3,10-17H2,(H,25,29). The fourth-order valence-corrected chi connectivity index (χ4v) is 5.97. The topological polar surface area (TPSA) is 73.0 Å². The first kappa shape index (κ1) is 22.9. The summed E-state index contributed by atoms with van der Waals surface area (Å²) in [6, 6.07) is 14.8. The molecular weight excluding hydrogens is 448 g/mol. The summed E-state index contributed by atoms with van der Waals surface area (Å²) in [5, 5.41) is 3.72. The largest absolute Gasteiger partial charge is 0.369 e. The van der Waals surface area contributed by atoms with Gasteiger partial charge in [-0.15, -0.1) is 0 Å². The number of amides is 1. The molecular formula is C23H29ClN4O3S. The smallest absolute Gasteiger partial charge is 0.251 e. The molecule has 2 fully saturated rings. The highest BCUT2D eigenvalue weighted by Crippen LogP contribution is 2.24. The van der Waals surface area contributed by atoms with Gasteiger partial charge >= 0.3 is 0 Å². The molecule has 2 heterocycles. The highest BCUT2D eigenvalue weighted by molar-refractivity contribution is 7.93. The van der Waals surface area contributed by atoms with Crippen LogP contribution in [0.2, 0.25) is 5.02 Å². The van der Waals surface area contributed by atoms with Crippen LogP contribution in [0.3, 0.4) is 0 Å². The van der Waals surface area contributed by atoms with E-state index in [4.69, 9.17) is 11.6 Å². The van der Waals surface area contributed by atoms with Gasteiger partial charge in [0.15, 0.2) is 0 Å². The van der Waals surface area contributed by atoms with Crippen LogP contribution < -0.4 is 14.5 Å². The maximum Gasteiger partial charge on any atom is 0.251 e. The van der Waals surface area contributed by atoms with Crippen LogP contribution in [0.1, 0.15) is 23.2 Å². The van der Waals surface area contributed by atoms with Crippen molar-refractivity contribution in [1.82, 2.24) is 10.2 Å². The van der Waals surface area contributed by atoms with Crippen LogP contribution in [0.25, 0.3) is 0 Å². The minimum Gasteiger partial charge on any atom is -0.369 e. The summed E-state index contributed by atoms with van der Waals surface area (Å²) < 4.78 is 25.5. The van der Waals surface area contributed by atoms with Gasteiger partial charge in [0.25, 0.3) is 5.91 Å². The van der Waals surface area contributed by atoms with Crippen LogP contribution in [-0.4, -0.2) is 70.8 Å². The zero-order chi connectivity index (χ0) is 22.6. The quantitative estimate of drug-likeness (QED) is 0.622. The van der Waals surface area contributed by atoms with Crippen molar-refractivity contribution in [2.24, 2.45) is 0 Å². The number of sulfonamides is 1. The second-order valence-corrected chi connectivity index (χ2v) is 10.7. The fraction of sp³-hybridized carbons (Fsp3) is 0.435. The van der Waals surface area contributed by atoms with Crippen LogP contribution in [-0.2, 0) is 10.0 Å². The average molecular weight is 477 g/mol. The number of rotatable bonds is 7. The minimum absolute atomic E-state index is 0.133. The summed E-state index contributed by atoms with van der Waals surface area (Å²) >= 11 is 6.10. The molecule has 1 N–H and O–H groups in total. The first-order valence-corrected chi connectivity index (χ1v) is 13.0. The first-order valence-electron chi connectivity index (χ1n) is 11.0. The molecule has 0 spiro atoms. The molecule has 2 aromatic rings. The van der Waals surface area contributed by atoms with Gasteiger partial charge in [0.2, 0.25) is 10.0 Å². The van der Waals surface area contributed by atoms with Gasteiger partial charge in [0.05, 0.1) is 11.4 Å². The van der Waals surface area contributed by atoms with E-state index in [-0.39, 0.29) is 11.7 Å². The lowest BCUT2D eigenvalue weighted by Crippen LogP contribution is -2.47. The van der Waals surface area contributed by atoms with Gasteiger partial charge in [-0.2, -0.15) is 0 Å². The van der Waals surface area contributed by atoms with Gasteiger partial charge in [0, 0.05) is 55.5 Å². The van der Waals surface area contributed by atoms with E-state index in [1.54, 1.807) is 24.3 Å². The Kier molecular flexibility index (Phi) is 7.23. The Labute approximate surface area is 195 Å². The molecule has 4 rings (SSSR count). The molecule has 0 aromatic heterocycles. The van der Waals surface area contributed by atoms with Crippen molar-refractivity contribution in [3.8, 4) is 0 Å². The van der Waals surface area contributed by atoms with Crippen LogP contribution >= 0.6 is 11.6 Å². The summed E-state index contributed by atoms with van der Waals surface area (Å²) in [6.07, 6.45) is 1.52. The van der Waals surface area contributed by atoms with Crippen molar-refractivity contribution in [2.75, 3.05) is 60.8 Å². The van der Waals surface area contributed by atoms with E-state index in [9.17, 15) is 13.2 Å². The Hall–Kier alpha value is -2.29. The molecule has 9 heteroatoms. The van der Waals surface area contributed by atoms with Gasteiger partial charge < -0.3 is 10.2 Å². The molecule has 172 valence electrons. The van der Waals surface area contributed by atoms with Crippen LogP contribution in [0.4, 0.5) is 11.4 Å². The number of piperazine rings is 1. The third kappa shape index (κ3) is 5.54. The molecule has 0 saturated carbocycles. The van der Waals surface area contributed by atoms with Gasteiger partial charge in [-0.25, -0.2) is 8.42 Å². The maximum atomic E-state index is 12.4. The van der Waals surface area contributed by atoms with Gasteiger partial charge in [-0.3, -0.25) is 14.0 Å². The molecule has 2 aromatic carbocycles. The van der Waals surface area contributed by atoms with Crippen molar-refractivity contribution in [1.29, 1.82) is 0 Å². The third-order valence-corrected chi connectivity index (χ3v) is 8.10. The Balaban J connectivity index is 1.17. The Morgan fingerprint density at radius 1 is 0.969 bits per heavy atom. The van der Waals surface area contributed by atoms with Crippen molar-refractivity contribution in [3.63, 3.8) is 0 Å². The molecule has 2 aliphatic rings. The summed E-state index contributed by atoms with van der Waals surface area (Å²) in [4.78, 5) is 17.2. The first-order chi connectivity index (χ1) is 15.4. The van der Waals surface area contributed by atoms with E-state index >= 15 is 0 Å². The Bertz CT molecular complexity index is 1040. The minimum atomic E-state index is -3.20. The third-order valence-electron chi connectivity index (χ3n) is 6.00. The molecule has 2 saturated heterocycles. The summed E-state index contributed by atoms with van der Waals surface area (Å²) in [5.74, 6) is 0.0526. The molecule has 0 bridgehead atoms. The van der Waals surface area contributed by atoms with E-state index in [0.29, 0.717) is 30.8 Å². The van der Waals surface area contributed by atoms with E-state index in [2.05, 4.69) is 21.2 Å². The summed E-state index contributed by atoms with van der Waals surface area (Å²) in [7, 11) is -3.20. The van der Waals surface area contributed by atoms with Crippen LogP contribution in [0.5, 0.6) is 0 Å². The number of hydrogen-bond acceptors (Lipinski definition) is 5. The molecule has 0 aliphatic carbocycles. The van der Waals surface area contributed by atoms with Gasteiger partial charge in [0.1, 0.15) is 0 Å². The van der Waals surface area contributed by atoms with Crippen molar-refractivity contribution < 1.29 is 13.2 Å². The number of hydrogen-bond donors (Lipinski definition) is 1. The Morgan fingerprint density at radius 2 is 1.72 bits per heavy atom. The van der Waals surface area contributed by atoms with Crippen molar-refractivity contribution in [3.05, 3.63) is 59.1 Å². The monoisotopic (exact) mass is 476 g/mol. The molecule has 7 nitrogen and oxygen atoms in total. The fourth-order valence-electron chi connectivity index (χ4n) is 4.22. The van der Waals surface area contributed by atoms with E-state index < -0.39 is 10.0 Å². The van der Waals surface area contributed by atoms with Crippen LogP contribution in [0, 0.1) is 0 Å². The van der Waals surface area contributed by atoms with Gasteiger partial charge in [-0.1, -0.05) is 17.7 Å². The number of nitrogens with one attached hydrogen (secondary N) is 1. The number of anilines is 2. The van der Waals surface area contributed by atoms with E-state index in [1.807, 2.05) is 18.2 Å². The highest BCUT2D eigenvalue weighted by atomic mass is 35.5. The predicted octanol–water partition coefficient (Wildman–Crippen LogP) is 2.82. The van der Waals surface area contributed by atoms with E-state index in [0.717, 1.165) is 49.9 Å². The molecule has 0 unspecified atom stereocenters. The second-order valence-electron chi connectivity index (χ2n) is 8.21. The highest BCUT2D eigenvalue weighted by Gasteiger charge is 2.28. The maximum absolute atomic E-state index is 12.4. The Morgan fingerprint density at radius 3 is 2.38 bits per heavy atom. The zero-order valence-electron chi connectivity index (χ0n) is 18.0. The van der Waals surface area contributed by atoms with E-state index in [1.165, 1.54) is 4.31 Å². The zero-order valence-corrected chi connectivity index (χ0v) is 19.6. The predicted molar refractivity (Wildman–Crippen MR) is 129 cm³/mol. The lowest BCUT2D eigenvalue weighted by molar-refractivity contribution is 0.0951. The SMILES string of the molecule is O=C(NCCCN1CCN(c2cccc(Cl)c2)CC1)c1ccc(N2CCCS2(=O)=O)cc1.